The van der Waals surface area contributed by atoms with E-state index in [0.717, 1.165) is 0 Å². The maximum atomic E-state index is 11.8. The van der Waals surface area contributed by atoms with Crippen molar-refractivity contribution in [3.8, 4) is 6.07 Å². The summed E-state index contributed by atoms with van der Waals surface area (Å²) in [5.41, 5.74) is -0.500. The number of nitrogens with zero attached hydrogens (tertiary/aromatic N) is 2. The van der Waals surface area contributed by atoms with Gasteiger partial charge in [-0.1, -0.05) is 0 Å². The lowest BCUT2D eigenvalue weighted by Gasteiger charge is -2.30. The summed E-state index contributed by atoms with van der Waals surface area (Å²) in [4.78, 5) is 13.4. The minimum atomic E-state index is -0.500. The molecule has 0 heterocycles. The molecule has 0 aliphatic rings. The molecule has 0 aliphatic heterocycles. The molecule has 16 heavy (non-hydrogen) atoms. The molecular formula is C12H22N2O2. The first kappa shape index (κ1) is 14.8. The van der Waals surface area contributed by atoms with Crippen LogP contribution in [0.2, 0.25) is 0 Å². The van der Waals surface area contributed by atoms with Crippen molar-refractivity contribution in [2.45, 2.75) is 53.2 Å². The Hall–Kier alpha value is -1.24. The summed E-state index contributed by atoms with van der Waals surface area (Å²) in [5.74, 6) is -0.185. The van der Waals surface area contributed by atoms with E-state index >= 15 is 0 Å². The van der Waals surface area contributed by atoms with Gasteiger partial charge in [0.15, 0.2) is 0 Å². The van der Waals surface area contributed by atoms with Crippen molar-refractivity contribution in [1.82, 2.24) is 4.90 Å². The molecule has 0 aromatic rings. The molecule has 0 saturated heterocycles. The van der Waals surface area contributed by atoms with Gasteiger partial charge in [-0.25, -0.2) is 4.79 Å². The Morgan fingerprint density at radius 3 is 2.19 bits per heavy atom. The molecule has 1 atom stereocenters. The van der Waals surface area contributed by atoms with Crippen molar-refractivity contribution < 1.29 is 9.53 Å². The van der Waals surface area contributed by atoms with Crippen molar-refractivity contribution in [2.75, 3.05) is 6.54 Å². The molecule has 0 bridgehead atoms. The summed E-state index contributed by atoms with van der Waals surface area (Å²) in [6.45, 7) is 11.5. The maximum absolute atomic E-state index is 11.8. The fourth-order valence-corrected chi connectivity index (χ4v) is 1.15. The van der Waals surface area contributed by atoms with E-state index in [-0.39, 0.29) is 18.1 Å². The fraction of sp³-hybridized carbons (Fsp3) is 0.833. The Labute approximate surface area is 98.2 Å². The van der Waals surface area contributed by atoms with Gasteiger partial charge in [0.25, 0.3) is 0 Å². The van der Waals surface area contributed by atoms with Crippen LogP contribution >= 0.6 is 0 Å². The van der Waals surface area contributed by atoms with Crippen LogP contribution in [0.5, 0.6) is 0 Å². The van der Waals surface area contributed by atoms with Gasteiger partial charge in [0.2, 0.25) is 0 Å². The van der Waals surface area contributed by atoms with Gasteiger partial charge in [0.1, 0.15) is 5.60 Å². The van der Waals surface area contributed by atoms with Crippen LogP contribution in [0.3, 0.4) is 0 Å². The highest BCUT2D eigenvalue weighted by Crippen LogP contribution is 2.13. The second-order valence-corrected chi connectivity index (χ2v) is 5.26. The van der Waals surface area contributed by atoms with Crippen LogP contribution in [0.15, 0.2) is 0 Å². The first-order valence-electron chi connectivity index (χ1n) is 5.56. The normalized spacial score (nSPS) is 13.1. The number of ether oxygens (including phenoxy) is 1. The van der Waals surface area contributed by atoms with E-state index in [1.165, 1.54) is 0 Å². The average molecular weight is 226 g/mol. The Bertz CT molecular complexity index is 274. The lowest BCUT2D eigenvalue weighted by molar-refractivity contribution is 0.0175. The molecule has 0 N–H and O–H groups in total. The van der Waals surface area contributed by atoms with E-state index in [4.69, 9.17) is 10.00 Å². The monoisotopic (exact) mass is 226 g/mol. The van der Waals surface area contributed by atoms with E-state index < -0.39 is 5.60 Å². The molecule has 0 spiro atoms. The Kier molecular flexibility index (Phi) is 5.29. The third kappa shape index (κ3) is 5.59. The summed E-state index contributed by atoms with van der Waals surface area (Å²) in [6.07, 6.45) is -0.357. The summed E-state index contributed by atoms with van der Waals surface area (Å²) < 4.78 is 5.28. The molecule has 4 heteroatoms. The molecular weight excluding hydrogens is 204 g/mol. The first-order valence-corrected chi connectivity index (χ1v) is 5.56. The fourth-order valence-electron chi connectivity index (χ4n) is 1.15. The van der Waals surface area contributed by atoms with E-state index in [1.54, 1.807) is 11.8 Å². The summed E-state index contributed by atoms with van der Waals surface area (Å²) >= 11 is 0. The maximum Gasteiger partial charge on any atom is 0.410 e. The number of rotatable bonds is 3. The Balaban J connectivity index is 4.56. The van der Waals surface area contributed by atoms with E-state index in [0.29, 0.717) is 6.54 Å². The molecule has 0 aliphatic carbocycles. The van der Waals surface area contributed by atoms with Crippen LogP contribution in [0.25, 0.3) is 0 Å². The number of nitriles is 1. The lowest BCUT2D eigenvalue weighted by Crippen LogP contribution is -2.43. The number of hydrogen-bond acceptors (Lipinski definition) is 3. The van der Waals surface area contributed by atoms with Gasteiger partial charge in [-0.15, -0.1) is 0 Å². The van der Waals surface area contributed by atoms with Crippen molar-refractivity contribution in [1.29, 1.82) is 5.26 Å². The van der Waals surface area contributed by atoms with Gasteiger partial charge in [0, 0.05) is 12.6 Å². The number of amides is 1. The van der Waals surface area contributed by atoms with Gasteiger partial charge in [-0.05, 0) is 41.5 Å². The highest BCUT2D eigenvalue weighted by atomic mass is 16.6. The summed E-state index contributed by atoms with van der Waals surface area (Å²) in [7, 11) is 0. The third-order valence-electron chi connectivity index (χ3n) is 1.94. The zero-order valence-electron chi connectivity index (χ0n) is 11.1. The van der Waals surface area contributed by atoms with E-state index in [9.17, 15) is 4.79 Å². The molecule has 0 radical (unpaired) electrons. The van der Waals surface area contributed by atoms with Crippen LogP contribution in [-0.2, 0) is 4.74 Å². The van der Waals surface area contributed by atoms with Gasteiger partial charge in [-0.3, -0.25) is 0 Å². The molecule has 0 saturated carbocycles. The molecule has 4 nitrogen and oxygen atoms in total. The van der Waals surface area contributed by atoms with Crippen LogP contribution < -0.4 is 0 Å². The number of carbonyl (C=O) groups excluding carboxylic acids is 1. The van der Waals surface area contributed by atoms with Gasteiger partial charge in [0.05, 0.1) is 12.0 Å². The highest BCUT2D eigenvalue weighted by molar-refractivity contribution is 5.68. The molecule has 0 fully saturated rings. The van der Waals surface area contributed by atoms with Gasteiger partial charge in [-0.2, -0.15) is 5.26 Å². The van der Waals surface area contributed by atoms with Crippen LogP contribution in [0.4, 0.5) is 4.79 Å². The molecule has 0 rings (SSSR count). The SMILES string of the molecule is CC(C#N)CN(C(=O)OC(C)(C)C)C(C)C. The number of carbonyl (C=O) groups is 1. The molecule has 1 unspecified atom stereocenters. The molecule has 92 valence electrons. The highest BCUT2D eigenvalue weighted by Gasteiger charge is 2.25. The van der Waals surface area contributed by atoms with Crippen LogP contribution in [0, 0.1) is 17.2 Å². The van der Waals surface area contributed by atoms with Crippen LogP contribution in [0.1, 0.15) is 41.5 Å². The van der Waals surface area contributed by atoms with Crippen molar-refractivity contribution in [2.24, 2.45) is 5.92 Å². The predicted molar refractivity (Wildman–Crippen MR) is 62.9 cm³/mol. The van der Waals surface area contributed by atoms with Crippen molar-refractivity contribution >= 4 is 6.09 Å². The van der Waals surface area contributed by atoms with E-state index in [2.05, 4.69) is 6.07 Å². The topological polar surface area (TPSA) is 53.3 Å². The molecule has 0 aromatic heterocycles. The van der Waals surface area contributed by atoms with Crippen molar-refractivity contribution in [3.05, 3.63) is 0 Å². The Morgan fingerprint density at radius 1 is 1.38 bits per heavy atom. The molecule has 1 amide bonds. The average Bonchev–Trinajstić information content (AvgIpc) is 2.09. The predicted octanol–water partition coefficient (Wildman–Crippen LogP) is 2.79. The summed E-state index contributed by atoms with van der Waals surface area (Å²) in [6, 6.07) is 2.15. The van der Waals surface area contributed by atoms with Gasteiger partial charge < -0.3 is 9.64 Å². The quantitative estimate of drug-likeness (QED) is 0.743. The number of hydrogen-bond donors (Lipinski definition) is 0. The summed E-state index contributed by atoms with van der Waals surface area (Å²) in [5, 5.41) is 8.75. The molecule has 0 aromatic carbocycles. The Morgan fingerprint density at radius 2 is 1.88 bits per heavy atom. The van der Waals surface area contributed by atoms with Crippen molar-refractivity contribution in [3.63, 3.8) is 0 Å². The minimum Gasteiger partial charge on any atom is -0.444 e. The smallest absolute Gasteiger partial charge is 0.410 e. The second-order valence-electron chi connectivity index (χ2n) is 5.26. The lowest BCUT2D eigenvalue weighted by atomic mass is 10.1. The first-order chi connectivity index (χ1) is 7.17. The van der Waals surface area contributed by atoms with E-state index in [1.807, 2.05) is 34.6 Å². The van der Waals surface area contributed by atoms with Gasteiger partial charge >= 0.3 is 6.09 Å². The standard InChI is InChI=1S/C12H22N2O2/c1-9(2)14(8-10(3)7-13)11(15)16-12(4,5)6/h9-10H,8H2,1-6H3. The second kappa shape index (κ2) is 5.74. The van der Waals surface area contributed by atoms with Crippen LogP contribution in [-0.4, -0.2) is 29.2 Å². The zero-order chi connectivity index (χ0) is 12.9. The largest absolute Gasteiger partial charge is 0.444 e. The third-order valence-corrected chi connectivity index (χ3v) is 1.94. The zero-order valence-corrected chi connectivity index (χ0v) is 11.1. The minimum absolute atomic E-state index is 0.0330.